The molecule has 0 bridgehead atoms. The van der Waals surface area contributed by atoms with Gasteiger partial charge in [0.05, 0.1) is 7.11 Å². The molecule has 28 heavy (non-hydrogen) atoms. The highest BCUT2D eigenvalue weighted by Gasteiger charge is 2.20. The minimum absolute atomic E-state index is 0.170. The Labute approximate surface area is 172 Å². The van der Waals surface area contributed by atoms with Gasteiger partial charge in [0.1, 0.15) is 17.1 Å². The Hall–Kier alpha value is -2.53. The maximum Gasteiger partial charge on any atom is 0.248 e. The zero-order chi connectivity index (χ0) is 19.7. The summed E-state index contributed by atoms with van der Waals surface area (Å²) in [5, 5.41) is 4.02. The van der Waals surface area contributed by atoms with Crippen LogP contribution < -0.4 is 10.1 Å². The fourth-order valence-corrected chi connectivity index (χ4v) is 4.02. The van der Waals surface area contributed by atoms with E-state index in [4.69, 9.17) is 9.15 Å². The monoisotopic (exact) mass is 439 g/mol. The van der Waals surface area contributed by atoms with E-state index in [1.165, 1.54) is 18.4 Å². The predicted molar refractivity (Wildman–Crippen MR) is 116 cm³/mol. The number of benzene rings is 2. The SMILES string of the molecule is COc1cc2oc3c(c2cc1/C(C)=C/C(=O)Nc1ccc(Br)cc1)CCCC3. The summed E-state index contributed by atoms with van der Waals surface area (Å²) in [5.41, 5.74) is 4.68. The van der Waals surface area contributed by atoms with Crippen molar-refractivity contribution in [1.29, 1.82) is 0 Å². The van der Waals surface area contributed by atoms with Crippen LogP contribution in [0.25, 0.3) is 16.5 Å². The van der Waals surface area contributed by atoms with Gasteiger partial charge in [-0.25, -0.2) is 0 Å². The van der Waals surface area contributed by atoms with Gasteiger partial charge in [-0.05, 0) is 62.1 Å². The third-order valence-corrected chi connectivity index (χ3v) is 5.69. The number of aryl methyl sites for hydroxylation is 2. The Balaban J connectivity index is 1.67. The van der Waals surface area contributed by atoms with E-state index in [-0.39, 0.29) is 5.91 Å². The van der Waals surface area contributed by atoms with Crippen molar-refractivity contribution in [1.82, 2.24) is 0 Å². The van der Waals surface area contributed by atoms with Gasteiger partial charge < -0.3 is 14.5 Å². The Bertz CT molecular complexity index is 1060. The highest BCUT2D eigenvalue weighted by Crippen LogP contribution is 2.37. The number of hydrogen-bond acceptors (Lipinski definition) is 3. The summed E-state index contributed by atoms with van der Waals surface area (Å²) in [4.78, 5) is 12.5. The van der Waals surface area contributed by atoms with E-state index in [1.807, 2.05) is 37.3 Å². The molecule has 4 nitrogen and oxygen atoms in total. The molecule has 0 saturated carbocycles. The normalized spacial score (nSPS) is 14.0. The fraction of sp³-hybridized carbons (Fsp3) is 0.261. The summed E-state index contributed by atoms with van der Waals surface area (Å²) in [6, 6.07) is 11.5. The van der Waals surface area contributed by atoms with Crippen molar-refractivity contribution in [3.05, 3.63) is 63.8 Å². The van der Waals surface area contributed by atoms with Crippen LogP contribution in [0.5, 0.6) is 5.75 Å². The first-order chi connectivity index (χ1) is 13.5. The van der Waals surface area contributed by atoms with Gasteiger partial charge >= 0.3 is 0 Å². The number of anilines is 1. The zero-order valence-corrected chi connectivity index (χ0v) is 17.6. The Morgan fingerprint density at radius 1 is 1.18 bits per heavy atom. The lowest BCUT2D eigenvalue weighted by Gasteiger charge is -2.11. The van der Waals surface area contributed by atoms with Crippen molar-refractivity contribution < 1.29 is 13.9 Å². The molecule has 0 unspecified atom stereocenters. The summed E-state index contributed by atoms with van der Waals surface area (Å²) >= 11 is 3.39. The van der Waals surface area contributed by atoms with Crippen LogP contribution in [0.15, 0.2) is 51.4 Å². The van der Waals surface area contributed by atoms with Gasteiger partial charge in [-0.3, -0.25) is 4.79 Å². The lowest BCUT2D eigenvalue weighted by Crippen LogP contribution is -2.08. The highest BCUT2D eigenvalue weighted by atomic mass is 79.9. The summed E-state index contributed by atoms with van der Waals surface area (Å²) in [5.74, 6) is 1.63. The van der Waals surface area contributed by atoms with Crippen molar-refractivity contribution in [2.75, 3.05) is 12.4 Å². The Morgan fingerprint density at radius 3 is 2.68 bits per heavy atom. The van der Waals surface area contributed by atoms with Crippen molar-refractivity contribution in [3.63, 3.8) is 0 Å². The number of halogens is 1. The molecule has 3 aromatic rings. The minimum atomic E-state index is -0.170. The number of allylic oxidation sites excluding steroid dienone is 1. The van der Waals surface area contributed by atoms with Crippen molar-refractivity contribution in [2.45, 2.75) is 32.6 Å². The fourth-order valence-electron chi connectivity index (χ4n) is 3.75. The first-order valence-corrected chi connectivity index (χ1v) is 10.2. The second kappa shape index (κ2) is 7.84. The number of carbonyl (C=O) groups is 1. The second-order valence-corrected chi connectivity index (χ2v) is 8.00. The van der Waals surface area contributed by atoms with Crippen molar-refractivity contribution >= 4 is 44.1 Å². The molecule has 1 aliphatic rings. The summed E-state index contributed by atoms with van der Waals surface area (Å²) in [7, 11) is 1.64. The maximum atomic E-state index is 12.5. The molecule has 0 spiro atoms. The molecule has 1 aromatic heterocycles. The van der Waals surface area contributed by atoms with Crippen LogP contribution in [0.4, 0.5) is 5.69 Å². The van der Waals surface area contributed by atoms with Gasteiger partial charge in [0.25, 0.3) is 0 Å². The highest BCUT2D eigenvalue weighted by molar-refractivity contribution is 9.10. The Kier molecular flexibility index (Phi) is 5.27. The average Bonchev–Trinajstić information content (AvgIpc) is 3.06. The number of ether oxygens (including phenoxy) is 1. The molecule has 1 aliphatic carbocycles. The predicted octanol–water partition coefficient (Wildman–Crippen LogP) is 6.12. The van der Waals surface area contributed by atoms with Crippen LogP contribution in [0, 0.1) is 0 Å². The molecule has 1 N–H and O–H groups in total. The van der Waals surface area contributed by atoms with Gasteiger partial charge in [0.15, 0.2) is 0 Å². The van der Waals surface area contributed by atoms with E-state index in [0.29, 0.717) is 5.75 Å². The molecular weight excluding hydrogens is 418 g/mol. The lowest BCUT2D eigenvalue weighted by molar-refractivity contribution is -0.111. The number of furan rings is 1. The molecule has 0 atom stereocenters. The van der Waals surface area contributed by atoms with Crippen LogP contribution in [0.2, 0.25) is 0 Å². The Morgan fingerprint density at radius 2 is 1.93 bits per heavy atom. The zero-order valence-electron chi connectivity index (χ0n) is 16.0. The molecule has 1 amide bonds. The van der Waals surface area contributed by atoms with Gasteiger partial charge in [-0.1, -0.05) is 15.9 Å². The third-order valence-electron chi connectivity index (χ3n) is 5.16. The van der Waals surface area contributed by atoms with E-state index in [0.717, 1.165) is 50.9 Å². The number of methoxy groups -OCH3 is 1. The standard InChI is InChI=1S/C23H22BrNO3/c1-14(11-23(26)25-16-9-7-15(24)8-10-16)18-12-19-17-5-3-4-6-20(17)28-22(19)13-21(18)27-2/h7-13H,3-6H2,1-2H3,(H,25,26)/b14-11+. The van der Waals surface area contributed by atoms with E-state index in [9.17, 15) is 4.79 Å². The molecular formula is C23H22BrNO3. The number of fused-ring (bicyclic) bond motifs is 3. The number of nitrogens with one attached hydrogen (secondary N) is 1. The second-order valence-electron chi connectivity index (χ2n) is 7.08. The average molecular weight is 440 g/mol. The minimum Gasteiger partial charge on any atom is -0.496 e. The summed E-state index contributed by atoms with van der Waals surface area (Å²) in [6.45, 7) is 1.93. The molecule has 2 aromatic carbocycles. The van der Waals surface area contributed by atoms with Crippen molar-refractivity contribution in [2.24, 2.45) is 0 Å². The molecule has 0 aliphatic heterocycles. The topological polar surface area (TPSA) is 51.5 Å². The number of amides is 1. The van der Waals surface area contributed by atoms with E-state index < -0.39 is 0 Å². The molecule has 144 valence electrons. The lowest BCUT2D eigenvalue weighted by atomic mass is 9.94. The van der Waals surface area contributed by atoms with Crippen LogP contribution in [0.3, 0.4) is 0 Å². The van der Waals surface area contributed by atoms with E-state index >= 15 is 0 Å². The first kappa shape index (κ1) is 18.8. The number of carbonyl (C=O) groups excluding carboxylic acids is 1. The van der Waals surface area contributed by atoms with Gasteiger partial charge in [0, 0.05) is 45.2 Å². The number of hydrogen-bond donors (Lipinski definition) is 1. The van der Waals surface area contributed by atoms with Crippen molar-refractivity contribution in [3.8, 4) is 5.75 Å². The third kappa shape index (κ3) is 3.72. The van der Waals surface area contributed by atoms with Crippen LogP contribution in [0.1, 0.15) is 36.7 Å². The van der Waals surface area contributed by atoms with Crippen LogP contribution in [-0.2, 0) is 17.6 Å². The molecule has 1 heterocycles. The van der Waals surface area contributed by atoms with Gasteiger partial charge in [0.2, 0.25) is 5.91 Å². The smallest absolute Gasteiger partial charge is 0.248 e. The molecule has 0 fully saturated rings. The first-order valence-electron chi connectivity index (χ1n) is 9.42. The quantitative estimate of drug-likeness (QED) is 0.497. The van der Waals surface area contributed by atoms with Gasteiger partial charge in [-0.2, -0.15) is 0 Å². The molecule has 4 rings (SSSR count). The van der Waals surface area contributed by atoms with E-state index in [2.05, 4.69) is 27.3 Å². The molecule has 0 saturated heterocycles. The maximum absolute atomic E-state index is 12.5. The molecule has 0 radical (unpaired) electrons. The molecule has 5 heteroatoms. The van der Waals surface area contributed by atoms with E-state index in [1.54, 1.807) is 13.2 Å². The summed E-state index contributed by atoms with van der Waals surface area (Å²) < 4.78 is 12.6. The summed E-state index contributed by atoms with van der Waals surface area (Å²) in [6.07, 6.45) is 6.00. The largest absolute Gasteiger partial charge is 0.496 e. The van der Waals surface area contributed by atoms with Crippen LogP contribution in [-0.4, -0.2) is 13.0 Å². The number of rotatable bonds is 4. The van der Waals surface area contributed by atoms with Gasteiger partial charge in [-0.15, -0.1) is 0 Å². The van der Waals surface area contributed by atoms with Crippen LogP contribution >= 0.6 is 15.9 Å².